The first kappa shape index (κ1) is 15.7. The molecule has 0 aliphatic carbocycles. The third kappa shape index (κ3) is 5.51. The molecule has 0 bridgehead atoms. The van der Waals surface area contributed by atoms with E-state index in [9.17, 15) is 9.59 Å². The Balaban J connectivity index is 2.28. The van der Waals surface area contributed by atoms with Crippen molar-refractivity contribution in [2.24, 2.45) is 0 Å². The first-order valence-electron chi connectivity index (χ1n) is 6.49. The molecular weight excluding hydrogens is 256 g/mol. The Morgan fingerprint density at radius 2 is 1.85 bits per heavy atom. The van der Waals surface area contributed by atoms with E-state index in [1.807, 2.05) is 19.1 Å². The van der Waals surface area contributed by atoms with Gasteiger partial charge in [0, 0.05) is 12.2 Å². The summed E-state index contributed by atoms with van der Waals surface area (Å²) < 4.78 is 0. The zero-order valence-corrected chi connectivity index (χ0v) is 11.5. The molecule has 2 amide bonds. The van der Waals surface area contributed by atoms with Crippen molar-refractivity contribution in [2.75, 3.05) is 12.3 Å². The molecule has 108 valence electrons. The molecule has 0 saturated heterocycles. The van der Waals surface area contributed by atoms with Crippen molar-refractivity contribution in [3.8, 4) is 0 Å². The Labute approximate surface area is 118 Å². The number of ketones is 1. The third-order valence-corrected chi connectivity index (χ3v) is 2.68. The van der Waals surface area contributed by atoms with Crippen LogP contribution in [0.1, 0.15) is 25.3 Å². The number of nitrogens with two attached hydrogens (primary N) is 1. The number of anilines is 1. The molecule has 0 radical (unpaired) electrons. The molecule has 6 heteroatoms. The lowest BCUT2D eigenvalue weighted by atomic mass is 10.1. The number of carbonyl (C=O) groups excluding carboxylic acids is 2. The summed E-state index contributed by atoms with van der Waals surface area (Å²) >= 11 is 0. The van der Waals surface area contributed by atoms with Gasteiger partial charge in [-0.2, -0.15) is 0 Å². The summed E-state index contributed by atoms with van der Waals surface area (Å²) in [6.45, 7) is 2.10. The van der Waals surface area contributed by atoms with Crippen molar-refractivity contribution in [1.29, 1.82) is 5.41 Å². The summed E-state index contributed by atoms with van der Waals surface area (Å²) in [6.07, 6.45) is 1.18. The minimum atomic E-state index is -0.431. The smallest absolute Gasteiger partial charge is 0.315 e. The fraction of sp³-hybridized carbons (Fsp3) is 0.357. The summed E-state index contributed by atoms with van der Waals surface area (Å²) in [5.41, 5.74) is 7.19. The van der Waals surface area contributed by atoms with Gasteiger partial charge in [0.25, 0.3) is 0 Å². The molecule has 0 saturated carbocycles. The maximum atomic E-state index is 11.5. The van der Waals surface area contributed by atoms with Gasteiger partial charge in [0.1, 0.15) is 0 Å². The van der Waals surface area contributed by atoms with E-state index in [2.05, 4.69) is 10.6 Å². The van der Waals surface area contributed by atoms with Crippen molar-refractivity contribution < 1.29 is 9.59 Å². The van der Waals surface area contributed by atoms with E-state index in [4.69, 9.17) is 11.1 Å². The molecular formula is C14H20N4O2. The number of urea groups is 1. The number of rotatable bonds is 7. The molecule has 0 atom stereocenters. The average molecular weight is 276 g/mol. The van der Waals surface area contributed by atoms with Gasteiger partial charge in [0.2, 0.25) is 0 Å². The van der Waals surface area contributed by atoms with Crippen LogP contribution in [0.15, 0.2) is 24.3 Å². The second-order valence-electron chi connectivity index (χ2n) is 4.43. The summed E-state index contributed by atoms with van der Waals surface area (Å²) in [4.78, 5) is 23.0. The standard InChI is InChI=1S/C14H20N4O2/c1-2-3-12(16)13(19)9-18-14(20)17-8-10-4-6-11(15)7-5-10/h4-7,16H,2-3,8-9,15H2,1H3,(H2,17,18,20). The Morgan fingerprint density at radius 3 is 2.45 bits per heavy atom. The van der Waals surface area contributed by atoms with E-state index in [1.54, 1.807) is 12.1 Å². The fourth-order valence-corrected chi connectivity index (χ4v) is 1.54. The van der Waals surface area contributed by atoms with Crippen LogP contribution < -0.4 is 16.4 Å². The van der Waals surface area contributed by atoms with Crippen LogP contribution in [0.4, 0.5) is 10.5 Å². The minimum Gasteiger partial charge on any atom is -0.399 e. The second kappa shape index (κ2) is 7.93. The van der Waals surface area contributed by atoms with Gasteiger partial charge >= 0.3 is 6.03 Å². The van der Waals surface area contributed by atoms with Crippen molar-refractivity contribution in [3.63, 3.8) is 0 Å². The van der Waals surface area contributed by atoms with Gasteiger partial charge < -0.3 is 21.8 Å². The number of benzene rings is 1. The topological polar surface area (TPSA) is 108 Å². The van der Waals surface area contributed by atoms with Crippen LogP contribution in [0.2, 0.25) is 0 Å². The van der Waals surface area contributed by atoms with Crippen molar-refractivity contribution in [1.82, 2.24) is 10.6 Å². The van der Waals surface area contributed by atoms with E-state index >= 15 is 0 Å². The molecule has 0 aliphatic rings. The predicted molar refractivity (Wildman–Crippen MR) is 78.7 cm³/mol. The highest BCUT2D eigenvalue weighted by atomic mass is 16.2. The van der Waals surface area contributed by atoms with Crippen LogP contribution in [0, 0.1) is 5.41 Å². The normalized spacial score (nSPS) is 9.85. The van der Waals surface area contributed by atoms with E-state index in [-0.39, 0.29) is 18.0 Å². The highest BCUT2D eigenvalue weighted by Crippen LogP contribution is 2.04. The van der Waals surface area contributed by atoms with Crippen molar-refractivity contribution in [2.45, 2.75) is 26.3 Å². The molecule has 5 N–H and O–H groups in total. The number of nitrogens with one attached hydrogen (secondary N) is 3. The van der Waals surface area contributed by atoms with Gasteiger partial charge in [-0.1, -0.05) is 25.5 Å². The molecule has 0 aliphatic heterocycles. The largest absolute Gasteiger partial charge is 0.399 e. The summed E-state index contributed by atoms with van der Waals surface area (Å²) in [6, 6.07) is 6.71. The van der Waals surface area contributed by atoms with Crippen LogP contribution in [-0.2, 0) is 11.3 Å². The number of Topliss-reactive ketones (excluding diaryl/α,β-unsaturated/α-hetero) is 1. The lowest BCUT2D eigenvalue weighted by molar-refractivity contribution is -0.112. The first-order chi connectivity index (χ1) is 9.52. The van der Waals surface area contributed by atoms with Gasteiger partial charge in [-0.15, -0.1) is 0 Å². The zero-order chi connectivity index (χ0) is 15.0. The number of amides is 2. The Hall–Kier alpha value is -2.37. The highest BCUT2D eigenvalue weighted by Gasteiger charge is 2.09. The highest BCUT2D eigenvalue weighted by molar-refractivity contribution is 6.39. The Bertz CT molecular complexity index is 482. The average Bonchev–Trinajstić information content (AvgIpc) is 2.44. The molecule has 0 aromatic heterocycles. The fourth-order valence-electron chi connectivity index (χ4n) is 1.54. The van der Waals surface area contributed by atoms with E-state index < -0.39 is 6.03 Å². The van der Waals surface area contributed by atoms with Gasteiger partial charge in [-0.3, -0.25) is 4.79 Å². The molecule has 0 fully saturated rings. The molecule has 6 nitrogen and oxygen atoms in total. The third-order valence-electron chi connectivity index (χ3n) is 2.68. The lowest BCUT2D eigenvalue weighted by Gasteiger charge is -2.07. The number of hydrogen-bond acceptors (Lipinski definition) is 4. The van der Waals surface area contributed by atoms with Crippen molar-refractivity contribution >= 4 is 23.2 Å². The summed E-state index contributed by atoms with van der Waals surface area (Å²) in [5, 5.41) is 12.5. The van der Waals surface area contributed by atoms with Crippen LogP contribution >= 0.6 is 0 Å². The van der Waals surface area contributed by atoms with Crippen LogP contribution in [0.3, 0.4) is 0 Å². The number of carbonyl (C=O) groups is 2. The molecule has 1 aromatic carbocycles. The van der Waals surface area contributed by atoms with Crippen molar-refractivity contribution in [3.05, 3.63) is 29.8 Å². The quantitative estimate of drug-likeness (QED) is 0.447. The molecule has 20 heavy (non-hydrogen) atoms. The summed E-state index contributed by atoms with van der Waals surface area (Å²) in [5.74, 6) is -0.352. The van der Waals surface area contributed by atoms with Gasteiger partial charge in [-0.05, 0) is 24.1 Å². The molecule has 0 spiro atoms. The molecule has 0 heterocycles. The molecule has 0 unspecified atom stereocenters. The van der Waals surface area contributed by atoms with Gasteiger partial charge in [0.05, 0.1) is 12.3 Å². The first-order valence-corrected chi connectivity index (χ1v) is 6.49. The van der Waals surface area contributed by atoms with Crippen LogP contribution in [-0.4, -0.2) is 24.1 Å². The SMILES string of the molecule is CCCC(=N)C(=O)CNC(=O)NCc1ccc(N)cc1. The summed E-state index contributed by atoms with van der Waals surface area (Å²) in [7, 11) is 0. The van der Waals surface area contributed by atoms with E-state index in [0.29, 0.717) is 18.7 Å². The number of hydrogen-bond donors (Lipinski definition) is 4. The molecule has 1 aromatic rings. The Morgan fingerprint density at radius 1 is 1.20 bits per heavy atom. The lowest BCUT2D eigenvalue weighted by Crippen LogP contribution is -2.39. The monoisotopic (exact) mass is 276 g/mol. The van der Waals surface area contributed by atoms with E-state index in [0.717, 1.165) is 12.0 Å². The number of nitrogen functional groups attached to an aromatic ring is 1. The van der Waals surface area contributed by atoms with Crippen LogP contribution in [0.25, 0.3) is 0 Å². The maximum Gasteiger partial charge on any atom is 0.315 e. The Kier molecular flexibility index (Phi) is 6.22. The van der Waals surface area contributed by atoms with Crippen LogP contribution in [0.5, 0.6) is 0 Å². The van der Waals surface area contributed by atoms with E-state index in [1.165, 1.54) is 0 Å². The minimum absolute atomic E-state index is 0.0475. The van der Waals surface area contributed by atoms with Gasteiger partial charge in [-0.25, -0.2) is 4.79 Å². The second-order valence-corrected chi connectivity index (χ2v) is 4.43. The van der Waals surface area contributed by atoms with Gasteiger partial charge in [0.15, 0.2) is 5.78 Å². The zero-order valence-electron chi connectivity index (χ0n) is 11.5. The molecule has 1 rings (SSSR count). The predicted octanol–water partition coefficient (Wildman–Crippen LogP) is 1.46. The maximum absolute atomic E-state index is 11.5.